The van der Waals surface area contributed by atoms with E-state index in [1.165, 1.54) is 12.1 Å². The van der Waals surface area contributed by atoms with Crippen LogP contribution in [0, 0.1) is 18.3 Å². The van der Waals surface area contributed by atoms with Gasteiger partial charge in [-0.1, -0.05) is 17.7 Å². The predicted molar refractivity (Wildman–Crippen MR) is 103 cm³/mol. The normalized spacial score (nSPS) is 10.3. The number of hydrogen-bond donors (Lipinski definition) is 0. The molecule has 1 aromatic heterocycles. The second-order valence-corrected chi connectivity index (χ2v) is 7.42. The first kappa shape index (κ1) is 21.8. The maximum absolute atomic E-state index is 11.8. The summed E-state index contributed by atoms with van der Waals surface area (Å²) in [6.07, 6.45) is 3.55. The number of nitrogens with zero attached hydrogens (tertiary/aromatic N) is 2. The molecule has 0 N–H and O–H groups in total. The fourth-order valence-electron chi connectivity index (χ4n) is 2.11. The van der Waals surface area contributed by atoms with Gasteiger partial charge in [-0.3, -0.25) is 0 Å². The van der Waals surface area contributed by atoms with Crippen LogP contribution in [-0.2, 0) is 17.2 Å². The Morgan fingerprint density at radius 3 is 2.03 bits per heavy atom. The summed E-state index contributed by atoms with van der Waals surface area (Å²) in [5.41, 5.74) is 1.94. The van der Waals surface area contributed by atoms with Gasteiger partial charge >= 0.3 is 5.97 Å². The van der Waals surface area contributed by atoms with Gasteiger partial charge in [-0.25, -0.2) is 17.8 Å². The molecule has 0 atom stereocenters. The van der Waals surface area contributed by atoms with Gasteiger partial charge in [0.25, 0.3) is 0 Å². The third-order valence-electron chi connectivity index (χ3n) is 3.72. The van der Waals surface area contributed by atoms with Gasteiger partial charge in [0.05, 0.1) is 22.1 Å². The highest BCUT2D eigenvalue weighted by Crippen LogP contribution is 2.13. The Morgan fingerprint density at radius 2 is 1.55 bits per heavy atom. The van der Waals surface area contributed by atoms with Gasteiger partial charge < -0.3 is 9.29 Å². The van der Waals surface area contributed by atoms with Gasteiger partial charge in [-0.15, -0.1) is 0 Å². The average molecular weight is 410 g/mol. The molecular formula is C21H18N2O5S. The summed E-state index contributed by atoms with van der Waals surface area (Å²) in [4.78, 5) is 11.6. The first-order chi connectivity index (χ1) is 13.7. The lowest BCUT2D eigenvalue weighted by Gasteiger charge is -2.05. The average Bonchev–Trinajstić information content (AvgIpc) is 2.69. The molecule has 3 aromatic rings. The number of carbonyl (C=O) groups is 1. The van der Waals surface area contributed by atoms with E-state index in [1.807, 2.05) is 24.6 Å². The smallest absolute Gasteiger partial charge is 0.343 e. The molecule has 0 amide bonds. The van der Waals surface area contributed by atoms with Crippen LogP contribution < -0.4 is 9.30 Å². The topological polar surface area (TPSA) is 111 Å². The summed E-state index contributed by atoms with van der Waals surface area (Å²) in [5.74, 6) is 0.00698. The van der Waals surface area contributed by atoms with Crippen LogP contribution in [0.3, 0.4) is 0 Å². The van der Waals surface area contributed by atoms with Gasteiger partial charge in [0.1, 0.15) is 22.9 Å². The lowest BCUT2D eigenvalue weighted by Crippen LogP contribution is -2.26. The molecule has 0 spiro atoms. The van der Waals surface area contributed by atoms with E-state index in [0.29, 0.717) is 16.9 Å². The van der Waals surface area contributed by atoms with E-state index in [4.69, 9.17) is 10.00 Å². The van der Waals surface area contributed by atoms with E-state index >= 15 is 0 Å². The van der Waals surface area contributed by atoms with Crippen molar-refractivity contribution in [3.63, 3.8) is 0 Å². The number of aryl methyl sites for hydroxylation is 2. The molecule has 0 aliphatic heterocycles. The van der Waals surface area contributed by atoms with Crippen LogP contribution >= 0.6 is 0 Å². The summed E-state index contributed by atoms with van der Waals surface area (Å²) in [5, 5.41) is 8.65. The van der Waals surface area contributed by atoms with Crippen molar-refractivity contribution in [2.24, 2.45) is 7.05 Å². The zero-order valence-corrected chi connectivity index (χ0v) is 16.6. The van der Waals surface area contributed by atoms with E-state index in [9.17, 15) is 17.8 Å². The molecule has 0 saturated carbocycles. The van der Waals surface area contributed by atoms with E-state index in [0.717, 1.165) is 5.56 Å². The minimum atomic E-state index is -4.27. The Hall–Kier alpha value is -3.54. The number of benzene rings is 2. The summed E-state index contributed by atoms with van der Waals surface area (Å²) < 4.78 is 38.2. The zero-order valence-electron chi connectivity index (χ0n) is 15.8. The molecular weight excluding hydrogens is 392 g/mol. The number of nitriles is 1. The SMILES string of the molecule is C[n+]1ccc(C(=O)Oc2ccc(C#N)cc2)cc1.Cc1ccc(S(=O)(=O)[O-])cc1. The maximum atomic E-state index is 11.8. The summed E-state index contributed by atoms with van der Waals surface area (Å²) in [7, 11) is -2.40. The molecule has 148 valence electrons. The van der Waals surface area contributed by atoms with Crippen molar-refractivity contribution >= 4 is 16.1 Å². The van der Waals surface area contributed by atoms with Crippen LogP contribution in [0.25, 0.3) is 0 Å². The van der Waals surface area contributed by atoms with Crippen molar-refractivity contribution < 1.29 is 27.1 Å². The lowest BCUT2D eigenvalue weighted by molar-refractivity contribution is -0.671. The van der Waals surface area contributed by atoms with Gasteiger partial charge in [0, 0.05) is 12.1 Å². The number of pyridine rings is 1. The molecule has 0 unspecified atom stereocenters. The van der Waals surface area contributed by atoms with Crippen LogP contribution in [0.15, 0.2) is 78.0 Å². The van der Waals surface area contributed by atoms with Gasteiger partial charge in [-0.2, -0.15) is 5.26 Å². The van der Waals surface area contributed by atoms with Crippen LogP contribution in [0.2, 0.25) is 0 Å². The van der Waals surface area contributed by atoms with Crippen molar-refractivity contribution in [3.8, 4) is 11.8 Å². The van der Waals surface area contributed by atoms with E-state index in [2.05, 4.69) is 0 Å². The van der Waals surface area contributed by atoms with Crippen molar-refractivity contribution in [1.29, 1.82) is 5.26 Å². The molecule has 0 saturated heterocycles. The Morgan fingerprint density at radius 1 is 1.00 bits per heavy atom. The second-order valence-electron chi connectivity index (χ2n) is 6.05. The molecule has 0 aliphatic carbocycles. The molecule has 0 radical (unpaired) electrons. The first-order valence-electron chi connectivity index (χ1n) is 8.39. The number of aromatic nitrogens is 1. The summed E-state index contributed by atoms with van der Waals surface area (Å²) in [6.45, 7) is 1.82. The summed E-state index contributed by atoms with van der Waals surface area (Å²) >= 11 is 0. The highest BCUT2D eigenvalue weighted by molar-refractivity contribution is 7.85. The third-order valence-corrected chi connectivity index (χ3v) is 4.57. The van der Waals surface area contributed by atoms with E-state index in [1.54, 1.807) is 60.9 Å². The third kappa shape index (κ3) is 6.84. The molecule has 0 fully saturated rings. The molecule has 7 nitrogen and oxygen atoms in total. The fourth-order valence-corrected chi connectivity index (χ4v) is 2.57. The number of ether oxygens (including phenoxy) is 1. The Balaban J connectivity index is 0.000000234. The van der Waals surface area contributed by atoms with Gasteiger partial charge in [0.15, 0.2) is 12.4 Å². The predicted octanol–water partition coefficient (Wildman–Crippen LogP) is 2.50. The molecule has 29 heavy (non-hydrogen) atoms. The molecule has 0 aliphatic rings. The quantitative estimate of drug-likeness (QED) is 0.284. The Kier molecular flexibility index (Phi) is 7.20. The second kappa shape index (κ2) is 9.59. The van der Waals surface area contributed by atoms with E-state index < -0.39 is 16.1 Å². The molecule has 3 rings (SSSR count). The fraction of sp³-hybridized carbons (Fsp3) is 0.0952. The monoisotopic (exact) mass is 410 g/mol. The molecule has 1 heterocycles. The van der Waals surface area contributed by atoms with Crippen molar-refractivity contribution in [2.75, 3.05) is 0 Å². The lowest BCUT2D eigenvalue weighted by atomic mass is 10.2. The minimum Gasteiger partial charge on any atom is -0.744 e. The van der Waals surface area contributed by atoms with Gasteiger partial charge in [0.2, 0.25) is 0 Å². The number of hydrogen-bond acceptors (Lipinski definition) is 6. The van der Waals surface area contributed by atoms with Gasteiger partial charge in [-0.05, 0) is 43.3 Å². The first-order valence-corrected chi connectivity index (χ1v) is 9.80. The van der Waals surface area contributed by atoms with Crippen molar-refractivity contribution in [2.45, 2.75) is 11.8 Å². The van der Waals surface area contributed by atoms with Crippen LogP contribution in [0.1, 0.15) is 21.5 Å². The van der Waals surface area contributed by atoms with Crippen LogP contribution in [0.4, 0.5) is 0 Å². The molecule has 2 aromatic carbocycles. The van der Waals surface area contributed by atoms with Crippen LogP contribution in [0.5, 0.6) is 5.75 Å². The van der Waals surface area contributed by atoms with Crippen molar-refractivity contribution in [1.82, 2.24) is 0 Å². The molecule has 0 bridgehead atoms. The maximum Gasteiger partial charge on any atom is 0.343 e. The van der Waals surface area contributed by atoms with Crippen molar-refractivity contribution in [3.05, 3.63) is 89.7 Å². The Bertz CT molecular complexity index is 1120. The Labute approximate surface area is 169 Å². The minimum absolute atomic E-state index is 0.178. The number of esters is 1. The highest BCUT2D eigenvalue weighted by atomic mass is 32.2. The van der Waals surface area contributed by atoms with E-state index in [-0.39, 0.29) is 4.90 Å². The van der Waals surface area contributed by atoms with Crippen LogP contribution in [-0.4, -0.2) is 18.9 Å². The standard InChI is InChI=1S/C14H11N2O2.C7H8O3S/c1-16-8-6-12(7-9-16)14(17)18-13-4-2-11(10-15)3-5-13;1-6-2-4-7(5-3-6)11(8,9)10/h2-9H,1H3;2-5H,1H3,(H,8,9,10)/q+1;/p-1. The highest BCUT2D eigenvalue weighted by Gasteiger charge is 2.09. The molecule has 8 heteroatoms. The largest absolute Gasteiger partial charge is 0.744 e. The summed E-state index contributed by atoms with van der Waals surface area (Å²) in [6, 6.07) is 17.6. The number of carbonyl (C=O) groups excluding carboxylic acids is 1. The number of rotatable bonds is 3. The zero-order chi connectivity index (χ0) is 21.4.